The van der Waals surface area contributed by atoms with Crippen LogP contribution < -0.4 is 4.74 Å². The molecule has 0 radical (unpaired) electrons. The highest BCUT2D eigenvalue weighted by Crippen LogP contribution is 2.16. The van der Waals surface area contributed by atoms with E-state index >= 15 is 0 Å². The van der Waals surface area contributed by atoms with Crippen LogP contribution in [-0.2, 0) is 0 Å². The number of nitrogens with zero attached hydrogens (tertiary/aromatic N) is 1. The number of methoxy groups -OCH3 is 1. The number of rotatable bonds is 2. The molecule has 13 heavy (non-hydrogen) atoms. The molecule has 0 spiro atoms. The standard InChI is InChI=1S/C11H13NO/c1-13-10-6-4-9(5-7-10)11-3-2-8-12-11/h4-7H,2-3,8H2,1H3. The van der Waals surface area contributed by atoms with Crippen LogP contribution >= 0.6 is 0 Å². The summed E-state index contributed by atoms with van der Waals surface area (Å²) in [4.78, 5) is 4.44. The molecule has 1 aliphatic heterocycles. The molecule has 1 aromatic carbocycles. The van der Waals surface area contributed by atoms with Gasteiger partial charge in [-0.05, 0) is 42.7 Å². The lowest BCUT2D eigenvalue weighted by Crippen LogP contribution is -1.95. The minimum absolute atomic E-state index is 0.905. The normalized spacial score (nSPS) is 15.6. The Balaban J connectivity index is 2.22. The Morgan fingerprint density at radius 1 is 1.23 bits per heavy atom. The topological polar surface area (TPSA) is 21.6 Å². The zero-order valence-corrected chi connectivity index (χ0v) is 7.79. The van der Waals surface area contributed by atoms with Crippen molar-refractivity contribution in [1.82, 2.24) is 0 Å². The summed E-state index contributed by atoms with van der Waals surface area (Å²) in [5, 5.41) is 0. The van der Waals surface area contributed by atoms with Crippen molar-refractivity contribution >= 4 is 5.71 Å². The minimum atomic E-state index is 0.905. The summed E-state index contributed by atoms with van der Waals surface area (Å²) < 4.78 is 5.09. The predicted octanol–water partition coefficient (Wildman–Crippen LogP) is 2.28. The Morgan fingerprint density at radius 3 is 2.54 bits per heavy atom. The average molecular weight is 175 g/mol. The fourth-order valence-corrected chi connectivity index (χ4v) is 1.56. The maximum absolute atomic E-state index is 5.09. The fraction of sp³-hybridized carbons (Fsp3) is 0.364. The lowest BCUT2D eigenvalue weighted by atomic mass is 10.1. The first-order chi connectivity index (χ1) is 6.40. The molecule has 0 aromatic heterocycles. The summed E-state index contributed by atoms with van der Waals surface area (Å²) in [7, 11) is 1.68. The van der Waals surface area contributed by atoms with Crippen molar-refractivity contribution in [2.45, 2.75) is 12.8 Å². The van der Waals surface area contributed by atoms with Crippen molar-refractivity contribution in [1.29, 1.82) is 0 Å². The molecular weight excluding hydrogens is 162 g/mol. The van der Waals surface area contributed by atoms with E-state index in [2.05, 4.69) is 17.1 Å². The molecule has 2 rings (SSSR count). The SMILES string of the molecule is COc1ccc(C2=NCCC2)cc1. The number of ether oxygens (including phenoxy) is 1. The highest BCUT2D eigenvalue weighted by Gasteiger charge is 2.07. The van der Waals surface area contributed by atoms with Gasteiger partial charge < -0.3 is 4.74 Å². The van der Waals surface area contributed by atoms with Gasteiger partial charge in [0.1, 0.15) is 5.75 Å². The van der Waals surface area contributed by atoms with Gasteiger partial charge in [0, 0.05) is 12.3 Å². The van der Waals surface area contributed by atoms with Gasteiger partial charge in [-0.15, -0.1) is 0 Å². The maximum Gasteiger partial charge on any atom is 0.118 e. The third-order valence-electron chi connectivity index (χ3n) is 2.30. The van der Waals surface area contributed by atoms with Crippen LogP contribution in [0.1, 0.15) is 18.4 Å². The van der Waals surface area contributed by atoms with Crippen LogP contribution in [0.5, 0.6) is 5.75 Å². The van der Waals surface area contributed by atoms with Gasteiger partial charge in [-0.3, -0.25) is 4.99 Å². The van der Waals surface area contributed by atoms with Gasteiger partial charge in [-0.2, -0.15) is 0 Å². The van der Waals surface area contributed by atoms with Crippen LogP contribution in [0.4, 0.5) is 0 Å². The molecular formula is C11H13NO. The second-order valence-corrected chi connectivity index (χ2v) is 3.16. The monoisotopic (exact) mass is 175 g/mol. The van der Waals surface area contributed by atoms with Gasteiger partial charge in [-0.1, -0.05) is 0 Å². The summed E-state index contributed by atoms with van der Waals surface area (Å²) in [6.45, 7) is 0.987. The molecule has 0 aliphatic carbocycles. The molecule has 0 bridgehead atoms. The van der Waals surface area contributed by atoms with E-state index < -0.39 is 0 Å². The summed E-state index contributed by atoms with van der Waals surface area (Å²) >= 11 is 0. The third kappa shape index (κ3) is 1.72. The molecule has 1 heterocycles. The van der Waals surface area contributed by atoms with Crippen LogP contribution in [0.25, 0.3) is 0 Å². The number of benzene rings is 1. The van der Waals surface area contributed by atoms with Gasteiger partial charge >= 0.3 is 0 Å². The first-order valence-electron chi connectivity index (χ1n) is 4.58. The Morgan fingerprint density at radius 2 is 2.00 bits per heavy atom. The van der Waals surface area contributed by atoms with E-state index in [0.29, 0.717) is 0 Å². The van der Waals surface area contributed by atoms with Crippen molar-refractivity contribution in [2.75, 3.05) is 13.7 Å². The Kier molecular flexibility index (Phi) is 2.30. The molecule has 1 aliphatic rings. The van der Waals surface area contributed by atoms with Crippen LogP contribution in [0, 0.1) is 0 Å². The van der Waals surface area contributed by atoms with Crippen LogP contribution in [0.3, 0.4) is 0 Å². The zero-order valence-electron chi connectivity index (χ0n) is 7.79. The van der Waals surface area contributed by atoms with E-state index in [9.17, 15) is 0 Å². The highest BCUT2D eigenvalue weighted by atomic mass is 16.5. The molecule has 68 valence electrons. The zero-order chi connectivity index (χ0) is 9.10. The van der Waals surface area contributed by atoms with Gasteiger partial charge in [0.25, 0.3) is 0 Å². The molecule has 1 aromatic rings. The predicted molar refractivity (Wildman–Crippen MR) is 53.6 cm³/mol. The van der Waals surface area contributed by atoms with E-state index in [1.807, 2.05) is 12.1 Å². The molecule has 2 nitrogen and oxygen atoms in total. The molecule has 0 unspecified atom stereocenters. The van der Waals surface area contributed by atoms with Crippen LogP contribution in [0.15, 0.2) is 29.3 Å². The van der Waals surface area contributed by atoms with Crippen molar-refractivity contribution in [3.8, 4) is 5.75 Å². The molecule has 0 amide bonds. The molecule has 0 saturated carbocycles. The minimum Gasteiger partial charge on any atom is -0.497 e. The Hall–Kier alpha value is -1.31. The third-order valence-corrected chi connectivity index (χ3v) is 2.30. The maximum atomic E-state index is 5.09. The molecule has 2 heteroatoms. The second kappa shape index (κ2) is 3.60. The lowest BCUT2D eigenvalue weighted by molar-refractivity contribution is 0.415. The van der Waals surface area contributed by atoms with E-state index in [0.717, 1.165) is 18.7 Å². The second-order valence-electron chi connectivity index (χ2n) is 3.16. The van der Waals surface area contributed by atoms with Crippen molar-refractivity contribution in [3.05, 3.63) is 29.8 Å². The molecule has 0 N–H and O–H groups in total. The van der Waals surface area contributed by atoms with E-state index in [1.54, 1.807) is 7.11 Å². The highest BCUT2D eigenvalue weighted by molar-refractivity contribution is 6.01. The average Bonchev–Trinajstić information content (AvgIpc) is 2.71. The smallest absolute Gasteiger partial charge is 0.118 e. The lowest BCUT2D eigenvalue weighted by Gasteiger charge is -2.02. The van der Waals surface area contributed by atoms with E-state index in [1.165, 1.54) is 17.7 Å². The van der Waals surface area contributed by atoms with Gasteiger partial charge in [0.2, 0.25) is 0 Å². The number of aliphatic imine (C=N–C) groups is 1. The molecule has 0 atom stereocenters. The van der Waals surface area contributed by atoms with Gasteiger partial charge in [0.15, 0.2) is 0 Å². The summed E-state index contributed by atoms with van der Waals surface area (Å²) in [5.41, 5.74) is 2.47. The number of hydrogen-bond donors (Lipinski definition) is 0. The largest absolute Gasteiger partial charge is 0.497 e. The first kappa shape index (κ1) is 8.30. The van der Waals surface area contributed by atoms with E-state index in [4.69, 9.17) is 4.74 Å². The Bertz CT molecular complexity index is 313. The quantitative estimate of drug-likeness (QED) is 0.675. The van der Waals surface area contributed by atoms with Crippen molar-refractivity contribution in [3.63, 3.8) is 0 Å². The van der Waals surface area contributed by atoms with Gasteiger partial charge in [0.05, 0.1) is 7.11 Å². The summed E-state index contributed by atoms with van der Waals surface area (Å²) in [6, 6.07) is 8.11. The van der Waals surface area contributed by atoms with Gasteiger partial charge in [-0.25, -0.2) is 0 Å². The fourth-order valence-electron chi connectivity index (χ4n) is 1.56. The summed E-state index contributed by atoms with van der Waals surface area (Å²) in [5.74, 6) is 0.905. The van der Waals surface area contributed by atoms with Crippen LogP contribution in [0.2, 0.25) is 0 Å². The van der Waals surface area contributed by atoms with Crippen LogP contribution in [-0.4, -0.2) is 19.4 Å². The molecule has 0 saturated heterocycles. The Labute approximate surface area is 78.3 Å². The summed E-state index contributed by atoms with van der Waals surface area (Å²) in [6.07, 6.45) is 2.31. The van der Waals surface area contributed by atoms with E-state index in [-0.39, 0.29) is 0 Å². The molecule has 0 fully saturated rings. The van der Waals surface area contributed by atoms with Crippen molar-refractivity contribution in [2.24, 2.45) is 4.99 Å². The van der Waals surface area contributed by atoms with Crippen molar-refractivity contribution < 1.29 is 4.74 Å². The number of hydrogen-bond acceptors (Lipinski definition) is 2. The first-order valence-corrected chi connectivity index (χ1v) is 4.58.